The van der Waals surface area contributed by atoms with Crippen LogP contribution in [0.2, 0.25) is 0 Å². The van der Waals surface area contributed by atoms with Gasteiger partial charge < -0.3 is 10.2 Å². The molecule has 0 aliphatic heterocycles. The quantitative estimate of drug-likeness (QED) is 0.851. The molecule has 2 nitrogen and oxygen atoms in total. The maximum Gasteiger partial charge on any atom is 0.0629 e. The number of aliphatic hydroxyl groups excluding tert-OH is 2. The van der Waals surface area contributed by atoms with Crippen molar-refractivity contribution in [3.05, 3.63) is 47.5 Å². The summed E-state index contributed by atoms with van der Waals surface area (Å²) in [6.07, 6.45) is 0.458. The molecule has 0 radical (unpaired) electrons. The van der Waals surface area contributed by atoms with Crippen LogP contribution < -0.4 is 0 Å². The van der Waals surface area contributed by atoms with Crippen molar-refractivity contribution in [2.45, 2.75) is 66.6 Å². The summed E-state index contributed by atoms with van der Waals surface area (Å²) in [5.74, 6) is 0. The van der Waals surface area contributed by atoms with Gasteiger partial charge in [-0.05, 0) is 45.6 Å². The van der Waals surface area contributed by atoms with Crippen LogP contribution in [-0.2, 0) is 12.8 Å². The number of fused-ring (bicyclic) bond motifs is 1. The van der Waals surface area contributed by atoms with E-state index in [0.717, 1.165) is 11.1 Å². The van der Waals surface area contributed by atoms with E-state index in [0.29, 0.717) is 12.8 Å². The third-order valence-electron chi connectivity index (χ3n) is 4.90. The predicted octanol–water partition coefficient (Wildman–Crippen LogP) is 4.74. The molecule has 0 saturated heterocycles. The highest BCUT2D eigenvalue weighted by Gasteiger charge is 2.25. The average Bonchev–Trinajstić information content (AvgIpc) is 2.45. The molecule has 2 aromatic carbocycles. The van der Waals surface area contributed by atoms with E-state index >= 15 is 0 Å². The van der Waals surface area contributed by atoms with Gasteiger partial charge in [0.05, 0.1) is 12.2 Å². The van der Waals surface area contributed by atoms with Gasteiger partial charge in [-0.25, -0.2) is 0 Å². The Morgan fingerprint density at radius 2 is 1.08 bits per heavy atom. The maximum atomic E-state index is 10.6. The van der Waals surface area contributed by atoms with E-state index in [1.54, 1.807) is 0 Å². The normalized spacial score (nSPS) is 15.5. The highest BCUT2D eigenvalue weighted by Crippen LogP contribution is 2.31. The molecule has 0 amide bonds. The van der Waals surface area contributed by atoms with Crippen LogP contribution in [0.5, 0.6) is 0 Å². The van der Waals surface area contributed by atoms with Gasteiger partial charge in [0.15, 0.2) is 0 Å². The van der Waals surface area contributed by atoms with Gasteiger partial charge in [-0.15, -0.1) is 0 Å². The van der Waals surface area contributed by atoms with E-state index < -0.39 is 12.2 Å². The lowest BCUT2D eigenvalue weighted by Gasteiger charge is -2.28. The largest absolute Gasteiger partial charge is 0.392 e. The molecule has 0 bridgehead atoms. The summed E-state index contributed by atoms with van der Waals surface area (Å²) in [5, 5.41) is 23.5. The molecule has 0 spiro atoms. The van der Waals surface area contributed by atoms with Gasteiger partial charge >= 0.3 is 0 Å². The first-order valence-corrected chi connectivity index (χ1v) is 8.86. The molecule has 0 heterocycles. The standard InChI is InChI=1S/C22H32O2/c1-21(2,3)18(23)13-16-11-7-9-15-10-8-12-17(20(15)16)14-19(24)22(4,5)6/h7-12,18-19,23-24H,13-14H2,1-6H3. The molecule has 0 saturated carbocycles. The van der Waals surface area contributed by atoms with Crippen LogP contribution >= 0.6 is 0 Å². The van der Waals surface area contributed by atoms with Crippen molar-refractivity contribution in [1.29, 1.82) is 0 Å². The molecule has 0 fully saturated rings. The molecule has 2 aromatic rings. The molecule has 24 heavy (non-hydrogen) atoms. The van der Waals surface area contributed by atoms with Crippen LogP contribution in [-0.4, -0.2) is 22.4 Å². The third-order valence-corrected chi connectivity index (χ3v) is 4.90. The van der Waals surface area contributed by atoms with Gasteiger partial charge in [0.25, 0.3) is 0 Å². The lowest BCUT2D eigenvalue weighted by molar-refractivity contribution is 0.0630. The Morgan fingerprint density at radius 3 is 1.42 bits per heavy atom. The topological polar surface area (TPSA) is 40.5 Å². The van der Waals surface area contributed by atoms with E-state index in [1.807, 2.05) is 0 Å². The van der Waals surface area contributed by atoms with Crippen LogP contribution in [0.3, 0.4) is 0 Å². The first kappa shape index (κ1) is 19.0. The zero-order valence-electron chi connectivity index (χ0n) is 15.9. The highest BCUT2D eigenvalue weighted by molar-refractivity contribution is 5.89. The fourth-order valence-corrected chi connectivity index (χ4v) is 2.87. The summed E-state index contributed by atoms with van der Waals surface area (Å²) >= 11 is 0. The van der Waals surface area contributed by atoms with Gasteiger partial charge in [0.2, 0.25) is 0 Å². The molecule has 0 aromatic heterocycles. The molecule has 132 valence electrons. The van der Waals surface area contributed by atoms with Crippen molar-refractivity contribution < 1.29 is 10.2 Å². The molecule has 2 atom stereocenters. The number of aliphatic hydroxyl groups is 2. The Hall–Kier alpha value is -1.38. The Balaban J connectivity index is 2.46. The molecular weight excluding hydrogens is 296 g/mol. The van der Waals surface area contributed by atoms with E-state index in [4.69, 9.17) is 0 Å². The Labute approximate surface area is 146 Å². The molecule has 2 unspecified atom stereocenters. The second-order valence-electron chi connectivity index (χ2n) is 9.10. The predicted molar refractivity (Wildman–Crippen MR) is 102 cm³/mol. The van der Waals surface area contributed by atoms with Crippen molar-refractivity contribution in [2.75, 3.05) is 0 Å². The first-order chi connectivity index (χ1) is 11.0. The van der Waals surface area contributed by atoms with Crippen molar-refractivity contribution >= 4 is 10.8 Å². The lowest BCUT2D eigenvalue weighted by atomic mass is 9.82. The smallest absolute Gasteiger partial charge is 0.0629 e. The third kappa shape index (κ3) is 4.37. The number of hydrogen-bond donors (Lipinski definition) is 2. The summed E-state index contributed by atoms with van der Waals surface area (Å²) in [7, 11) is 0. The summed E-state index contributed by atoms with van der Waals surface area (Å²) in [5.41, 5.74) is 2.02. The summed E-state index contributed by atoms with van der Waals surface area (Å²) in [4.78, 5) is 0. The summed E-state index contributed by atoms with van der Waals surface area (Å²) in [6, 6.07) is 12.5. The molecule has 0 aliphatic carbocycles. The molecule has 2 rings (SSSR count). The van der Waals surface area contributed by atoms with Crippen LogP contribution in [0, 0.1) is 10.8 Å². The fourth-order valence-electron chi connectivity index (χ4n) is 2.87. The van der Waals surface area contributed by atoms with Crippen molar-refractivity contribution in [1.82, 2.24) is 0 Å². The SMILES string of the molecule is CC(C)(C)C(O)Cc1cccc2cccc(CC(O)C(C)(C)C)c12. The minimum Gasteiger partial charge on any atom is -0.392 e. The molecule has 2 heteroatoms. The van der Waals surface area contributed by atoms with Crippen molar-refractivity contribution in [2.24, 2.45) is 10.8 Å². The second-order valence-corrected chi connectivity index (χ2v) is 9.10. The molecule has 0 aliphatic rings. The maximum absolute atomic E-state index is 10.6. The van der Waals surface area contributed by atoms with E-state index in [2.05, 4.69) is 77.9 Å². The summed E-state index contributed by atoms with van der Waals surface area (Å²) < 4.78 is 0. The number of rotatable bonds is 4. The Bertz CT molecular complexity index is 632. The first-order valence-electron chi connectivity index (χ1n) is 8.86. The van der Waals surface area contributed by atoms with Crippen molar-refractivity contribution in [3.8, 4) is 0 Å². The van der Waals surface area contributed by atoms with Gasteiger partial charge in [-0.2, -0.15) is 0 Å². The minimum absolute atomic E-state index is 0.151. The van der Waals surface area contributed by atoms with Gasteiger partial charge in [0.1, 0.15) is 0 Å². The fraction of sp³-hybridized carbons (Fsp3) is 0.545. The lowest BCUT2D eigenvalue weighted by Crippen LogP contribution is -2.29. The molecular formula is C22H32O2. The zero-order chi connectivity index (χ0) is 18.1. The van der Waals surface area contributed by atoms with Crippen LogP contribution in [0.1, 0.15) is 52.7 Å². The van der Waals surface area contributed by atoms with Crippen LogP contribution in [0.4, 0.5) is 0 Å². The highest BCUT2D eigenvalue weighted by atomic mass is 16.3. The van der Waals surface area contributed by atoms with Gasteiger partial charge in [-0.3, -0.25) is 0 Å². The van der Waals surface area contributed by atoms with Gasteiger partial charge in [0, 0.05) is 0 Å². The van der Waals surface area contributed by atoms with Crippen LogP contribution in [0.25, 0.3) is 10.8 Å². The average molecular weight is 328 g/mol. The monoisotopic (exact) mass is 328 g/mol. The summed E-state index contributed by atoms with van der Waals surface area (Å²) in [6.45, 7) is 12.4. The number of hydrogen-bond acceptors (Lipinski definition) is 2. The second kappa shape index (κ2) is 6.85. The molecule has 2 N–H and O–H groups in total. The van der Waals surface area contributed by atoms with Crippen LogP contribution in [0.15, 0.2) is 36.4 Å². The van der Waals surface area contributed by atoms with E-state index in [1.165, 1.54) is 10.8 Å². The van der Waals surface area contributed by atoms with Gasteiger partial charge in [-0.1, -0.05) is 77.9 Å². The van der Waals surface area contributed by atoms with E-state index in [9.17, 15) is 10.2 Å². The Kier molecular flexibility index (Phi) is 5.41. The van der Waals surface area contributed by atoms with Crippen molar-refractivity contribution in [3.63, 3.8) is 0 Å². The Morgan fingerprint density at radius 1 is 0.708 bits per heavy atom. The van der Waals surface area contributed by atoms with E-state index in [-0.39, 0.29) is 10.8 Å². The number of benzene rings is 2. The zero-order valence-corrected chi connectivity index (χ0v) is 15.9. The minimum atomic E-state index is -0.399.